The number of fused-ring (bicyclic) bond motifs is 2. The molecule has 1 unspecified atom stereocenters. The normalized spacial score (nSPS) is 16.1. The highest BCUT2D eigenvalue weighted by atomic mass is 16.5. The summed E-state index contributed by atoms with van der Waals surface area (Å²) in [6, 6.07) is 14.3. The maximum absolute atomic E-state index is 13.4. The fraction of sp³-hybridized carbons (Fsp3) is 0.419. The average molecular weight is 780 g/mol. The topological polar surface area (TPSA) is 181 Å². The number of anilines is 2. The lowest BCUT2D eigenvalue weighted by Gasteiger charge is -2.27. The summed E-state index contributed by atoms with van der Waals surface area (Å²) in [5.41, 5.74) is 2.61. The molecule has 7 amide bonds. The molecule has 14 heteroatoms. The second-order valence-corrected chi connectivity index (χ2v) is 14.4. The standard InChI is InChI=1S/C43H49N5O9/c1-3-57-34-25-27(20-22-33(34)56-2)26-47-40(52)28-15-14-18-31(38(28)42(47)54)45-35(49)19-11-9-7-5-4-6-8-10-12-24-44-30-17-13-16-29-37(30)43(55)48(41(29)53)32-21-23-36(50)46-39(32)51/h13-18,20,22,25,32,44H,3-12,19,21,23-24,26H2,1-2H3,(H,45,49)(H,46,50,51). The molecule has 14 nitrogen and oxygen atoms in total. The van der Waals surface area contributed by atoms with Crippen LogP contribution in [0.15, 0.2) is 54.6 Å². The van der Waals surface area contributed by atoms with Crippen molar-refractivity contribution in [3.63, 3.8) is 0 Å². The van der Waals surface area contributed by atoms with Crippen LogP contribution in [-0.2, 0) is 20.9 Å². The number of nitrogens with one attached hydrogen (secondary N) is 3. The number of carbonyl (C=O) groups excluding carboxylic acids is 7. The molecule has 3 heterocycles. The first kappa shape index (κ1) is 40.6. The third-order valence-corrected chi connectivity index (χ3v) is 10.5. The van der Waals surface area contributed by atoms with Gasteiger partial charge < -0.3 is 20.1 Å². The zero-order valence-electron chi connectivity index (χ0n) is 32.4. The molecule has 3 aliphatic rings. The lowest BCUT2D eigenvalue weighted by Crippen LogP contribution is -2.54. The summed E-state index contributed by atoms with van der Waals surface area (Å²) in [5.74, 6) is -2.05. The molecule has 6 rings (SSSR count). The van der Waals surface area contributed by atoms with E-state index in [-0.39, 0.29) is 47.5 Å². The van der Waals surface area contributed by atoms with E-state index >= 15 is 0 Å². The molecule has 0 aliphatic carbocycles. The summed E-state index contributed by atoms with van der Waals surface area (Å²) >= 11 is 0. The van der Waals surface area contributed by atoms with Crippen LogP contribution in [0.25, 0.3) is 0 Å². The molecular weight excluding hydrogens is 730 g/mol. The highest BCUT2D eigenvalue weighted by molar-refractivity contribution is 6.26. The van der Waals surface area contributed by atoms with E-state index in [0.717, 1.165) is 56.3 Å². The van der Waals surface area contributed by atoms with Crippen LogP contribution in [0, 0.1) is 0 Å². The molecule has 0 aromatic heterocycles. The molecule has 3 aromatic rings. The summed E-state index contributed by atoms with van der Waals surface area (Å²) in [5, 5.41) is 8.37. The van der Waals surface area contributed by atoms with Gasteiger partial charge >= 0.3 is 0 Å². The number of rotatable bonds is 20. The van der Waals surface area contributed by atoms with Gasteiger partial charge in [-0.05, 0) is 68.1 Å². The Bertz CT molecular complexity index is 2060. The van der Waals surface area contributed by atoms with Crippen molar-refractivity contribution >= 4 is 52.7 Å². The zero-order chi connectivity index (χ0) is 40.5. The van der Waals surface area contributed by atoms with Gasteiger partial charge in [0, 0.05) is 25.1 Å². The molecule has 57 heavy (non-hydrogen) atoms. The Balaban J connectivity index is 0.853. The third kappa shape index (κ3) is 9.16. The predicted molar refractivity (Wildman–Crippen MR) is 211 cm³/mol. The van der Waals surface area contributed by atoms with Gasteiger partial charge in [-0.1, -0.05) is 63.1 Å². The number of ether oxygens (including phenoxy) is 2. The summed E-state index contributed by atoms with van der Waals surface area (Å²) < 4.78 is 11.0. The summed E-state index contributed by atoms with van der Waals surface area (Å²) in [6.45, 7) is 2.98. The second-order valence-electron chi connectivity index (χ2n) is 14.4. The monoisotopic (exact) mass is 779 g/mol. The van der Waals surface area contributed by atoms with Crippen molar-refractivity contribution in [2.24, 2.45) is 0 Å². The Kier molecular flexibility index (Phi) is 13.3. The highest BCUT2D eigenvalue weighted by Gasteiger charge is 2.45. The third-order valence-electron chi connectivity index (χ3n) is 10.5. The molecule has 0 radical (unpaired) electrons. The molecule has 3 aliphatic heterocycles. The molecule has 0 spiro atoms. The lowest BCUT2D eigenvalue weighted by atomic mass is 10.0. The molecule has 1 atom stereocenters. The maximum atomic E-state index is 13.4. The molecule has 300 valence electrons. The molecule has 0 bridgehead atoms. The number of unbranched alkanes of at least 4 members (excludes halogenated alkanes) is 8. The Morgan fingerprint density at radius 3 is 2.09 bits per heavy atom. The minimum absolute atomic E-state index is 0.0556. The molecule has 1 fully saturated rings. The van der Waals surface area contributed by atoms with Crippen LogP contribution in [0.4, 0.5) is 11.4 Å². The number of nitrogens with zero attached hydrogens (tertiary/aromatic N) is 2. The Hall–Kier alpha value is -6.05. The van der Waals surface area contributed by atoms with Gasteiger partial charge in [0.2, 0.25) is 17.7 Å². The van der Waals surface area contributed by atoms with E-state index in [2.05, 4.69) is 16.0 Å². The van der Waals surface area contributed by atoms with E-state index in [4.69, 9.17) is 9.47 Å². The van der Waals surface area contributed by atoms with Crippen LogP contribution in [0.5, 0.6) is 11.5 Å². The summed E-state index contributed by atoms with van der Waals surface area (Å²) in [4.78, 5) is 92.0. The van der Waals surface area contributed by atoms with Crippen molar-refractivity contribution in [2.45, 2.75) is 96.6 Å². The van der Waals surface area contributed by atoms with Gasteiger partial charge in [-0.2, -0.15) is 0 Å². The second kappa shape index (κ2) is 18.7. The van der Waals surface area contributed by atoms with Gasteiger partial charge in [0.1, 0.15) is 6.04 Å². The minimum Gasteiger partial charge on any atom is -0.493 e. The van der Waals surface area contributed by atoms with Gasteiger partial charge in [-0.25, -0.2) is 0 Å². The molecule has 3 aromatic carbocycles. The van der Waals surface area contributed by atoms with Gasteiger partial charge in [0.05, 0.1) is 48.2 Å². The van der Waals surface area contributed by atoms with Crippen molar-refractivity contribution in [3.05, 3.63) is 82.4 Å². The fourth-order valence-corrected chi connectivity index (χ4v) is 7.60. The number of methoxy groups -OCH3 is 1. The van der Waals surface area contributed by atoms with Crippen LogP contribution in [0.2, 0.25) is 0 Å². The number of benzene rings is 3. The number of imide groups is 3. The minimum atomic E-state index is -0.994. The highest BCUT2D eigenvalue weighted by Crippen LogP contribution is 2.34. The molecule has 1 saturated heterocycles. The van der Waals surface area contributed by atoms with Gasteiger partial charge in [0.25, 0.3) is 23.6 Å². The summed E-state index contributed by atoms with van der Waals surface area (Å²) in [7, 11) is 1.55. The van der Waals surface area contributed by atoms with E-state index in [1.165, 1.54) is 4.90 Å². The van der Waals surface area contributed by atoms with Crippen molar-refractivity contribution in [3.8, 4) is 11.5 Å². The Morgan fingerprint density at radius 1 is 0.754 bits per heavy atom. The Morgan fingerprint density at radius 2 is 1.40 bits per heavy atom. The van der Waals surface area contributed by atoms with E-state index in [9.17, 15) is 33.6 Å². The van der Waals surface area contributed by atoms with Crippen LogP contribution in [0.1, 0.15) is 131 Å². The number of carbonyl (C=O) groups is 7. The maximum Gasteiger partial charge on any atom is 0.264 e. The van der Waals surface area contributed by atoms with E-state index < -0.39 is 41.5 Å². The lowest BCUT2D eigenvalue weighted by molar-refractivity contribution is -0.136. The molecule has 3 N–H and O–H groups in total. The molecular formula is C43H49N5O9. The van der Waals surface area contributed by atoms with Crippen LogP contribution >= 0.6 is 0 Å². The van der Waals surface area contributed by atoms with Gasteiger partial charge in [-0.15, -0.1) is 0 Å². The van der Waals surface area contributed by atoms with Crippen molar-refractivity contribution in [1.82, 2.24) is 15.1 Å². The first-order valence-corrected chi connectivity index (χ1v) is 19.8. The van der Waals surface area contributed by atoms with Crippen molar-refractivity contribution < 1.29 is 43.0 Å². The quantitative estimate of drug-likeness (QED) is 0.0878. The van der Waals surface area contributed by atoms with E-state index in [1.54, 1.807) is 61.7 Å². The number of amides is 7. The van der Waals surface area contributed by atoms with Gasteiger partial charge in [0.15, 0.2) is 11.5 Å². The number of piperidine rings is 1. The van der Waals surface area contributed by atoms with Crippen LogP contribution in [-0.4, -0.2) is 77.5 Å². The van der Waals surface area contributed by atoms with Crippen molar-refractivity contribution in [1.29, 1.82) is 0 Å². The predicted octanol–water partition coefficient (Wildman–Crippen LogP) is 6.24. The number of hydrogen-bond acceptors (Lipinski definition) is 10. The van der Waals surface area contributed by atoms with Gasteiger partial charge in [-0.3, -0.25) is 48.7 Å². The average Bonchev–Trinajstić information content (AvgIpc) is 3.59. The Labute approximate surface area is 331 Å². The largest absolute Gasteiger partial charge is 0.493 e. The first-order chi connectivity index (χ1) is 27.6. The molecule has 0 saturated carbocycles. The van der Waals surface area contributed by atoms with E-state index in [1.807, 2.05) is 6.92 Å². The smallest absolute Gasteiger partial charge is 0.264 e. The fourth-order valence-electron chi connectivity index (χ4n) is 7.60. The van der Waals surface area contributed by atoms with E-state index in [0.29, 0.717) is 54.4 Å². The summed E-state index contributed by atoms with van der Waals surface area (Å²) in [6.07, 6.45) is 9.33. The van der Waals surface area contributed by atoms with Crippen molar-refractivity contribution in [2.75, 3.05) is 30.9 Å². The van der Waals surface area contributed by atoms with Crippen LogP contribution in [0.3, 0.4) is 0 Å². The number of hydrogen-bond donors (Lipinski definition) is 3. The SMILES string of the molecule is CCOc1cc(CN2C(=O)c3cccc(NC(=O)CCCCCCCCCCCNc4cccc5c4C(=O)N(C4CCC(=O)NC4=O)C5=O)c3C2=O)ccc1OC. The zero-order valence-corrected chi connectivity index (χ0v) is 32.4. The van der Waals surface area contributed by atoms with Crippen LogP contribution < -0.4 is 25.4 Å². The first-order valence-electron chi connectivity index (χ1n) is 19.8.